The van der Waals surface area contributed by atoms with Gasteiger partial charge in [-0.15, -0.1) is 21.5 Å². The lowest BCUT2D eigenvalue weighted by Gasteiger charge is -2.02. The van der Waals surface area contributed by atoms with Crippen molar-refractivity contribution in [3.05, 3.63) is 71.6 Å². The van der Waals surface area contributed by atoms with Gasteiger partial charge in [0, 0.05) is 24.7 Å². The van der Waals surface area contributed by atoms with E-state index < -0.39 is 0 Å². The summed E-state index contributed by atoms with van der Waals surface area (Å²) in [7, 11) is 0. The zero-order valence-electron chi connectivity index (χ0n) is 13.3. The minimum Gasteiger partial charge on any atom is -0.351 e. The van der Waals surface area contributed by atoms with Crippen LogP contribution in [0.15, 0.2) is 60.9 Å². The van der Waals surface area contributed by atoms with Crippen molar-refractivity contribution in [2.45, 2.75) is 6.42 Å². The molecular formula is C18H15N5OS. The highest BCUT2D eigenvalue weighted by atomic mass is 32.1. The van der Waals surface area contributed by atoms with Gasteiger partial charge in [0.25, 0.3) is 5.91 Å². The summed E-state index contributed by atoms with van der Waals surface area (Å²) in [5.74, 6) is 0.707. The van der Waals surface area contributed by atoms with Crippen LogP contribution in [0.3, 0.4) is 0 Å². The van der Waals surface area contributed by atoms with Gasteiger partial charge in [0.05, 0.1) is 6.20 Å². The Labute approximate surface area is 148 Å². The monoisotopic (exact) mass is 349 g/mol. The summed E-state index contributed by atoms with van der Waals surface area (Å²) in [5.41, 5.74) is 1.82. The van der Waals surface area contributed by atoms with Gasteiger partial charge >= 0.3 is 0 Å². The Kier molecular flexibility index (Phi) is 4.22. The van der Waals surface area contributed by atoms with Gasteiger partial charge < -0.3 is 5.32 Å². The number of aromatic nitrogens is 4. The summed E-state index contributed by atoms with van der Waals surface area (Å²) < 4.78 is 1.92. The molecule has 0 unspecified atom stereocenters. The van der Waals surface area contributed by atoms with E-state index in [2.05, 4.69) is 20.5 Å². The first-order chi connectivity index (χ1) is 12.3. The first-order valence-electron chi connectivity index (χ1n) is 7.89. The summed E-state index contributed by atoms with van der Waals surface area (Å²) in [5, 5.41) is 12.0. The number of carbonyl (C=O) groups is 1. The number of hydrogen-bond acceptors (Lipinski definition) is 5. The van der Waals surface area contributed by atoms with E-state index in [4.69, 9.17) is 0 Å². The van der Waals surface area contributed by atoms with Crippen LogP contribution in [0.2, 0.25) is 0 Å². The number of hydrogen-bond donors (Lipinski definition) is 1. The number of nitrogens with zero attached hydrogens (tertiary/aromatic N) is 4. The zero-order chi connectivity index (χ0) is 17.1. The summed E-state index contributed by atoms with van der Waals surface area (Å²) in [6.07, 6.45) is 4.15. The minimum atomic E-state index is -0.117. The molecule has 4 aromatic rings. The highest BCUT2D eigenvalue weighted by Gasteiger charge is 2.12. The van der Waals surface area contributed by atoms with Gasteiger partial charge in [-0.1, -0.05) is 36.4 Å². The van der Waals surface area contributed by atoms with Crippen molar-refractivity contribution in [2.24, 2.45) is 0 Å². The molecule has 0 aliphatic rings. The maximum atomic E-state index is 12.3. The van der Waals surface area contributed by atoms with E-state index in [9.17, 15) is 4.79 Å². The molecule has 3 aromatic heterocycles. The fourth-order valence-electron chi connectivity index (χ4n) is 2.53. The van der Waals surface area contributed by atoms with E-state index >= 15 is 0 Å². The van der Waals surface area contributed by atoms with Crippen LogP contribution in [0.5, 0.6) is 0 Å². The second-order valence-electron chi connectivity index (χ2n) is 5.45. The van der Waals surface area contributed by atoms with Crippen molar-refractivity contribution in [1.29, 1.82) is 0 Å². The van der Waals surface area contributed by atoms with Gasteiger partial charge in [-0.3, -0.25) is 9.20 Å². The molecule has 25 heavy (non-hydrogen) atoms. The fraction of sp³-hybridized carbons (Fsp3) is 0.111. The molecule has 1 N–H and O–H groups in total. The van der Waals surface area contributed by atoms with Crippen molar-refractivity contribution in [1.82, 2.24) is 24.9 Å². The average Bonchev–Trinajstić information content (AvgIpc) is 3.30. The first kappa shape index (κ1) is 15.5. The molecule has 0 bridgehead atoms. The number of carbonyl (C=O) groups excluding carboxylic acids is 1. The Balaban J connectivity index is 1.39. The van der Waals surface area contributed by atoms with Crippen LogP contribution >= 0.6 is 11.3 Å². The number of fused-ring (bicyclic) bond motifs is 1. The van der Waals surface area contributed by atoms with Crippen LogP contribution in [0.1, 0.15) is 15.5 Å². The van der Waals surface area contributed by atoms with Crippen molar-refractivity contribution in [2.75, 3.05) is 6.54 Å². The van der Waals surface area contributed by atoms with Gasteiger partial charge in [0.1, 0.15) is 15.7 Å². The lowest BCUT2D eigenvalue weighted by Crippen LogP contribution is -2.25. The van der Waals surface area contributed by atoms with E-state index in [-0.39, 0.29) is 5.91 Å². The van der Waals surface area contributed by atoms with E-state index in [0.29, 0.717) is 17.8 Å². The summed E-state index contributed by atoms with van der Waals surface area (Å²) >= 11 is 1.39. The van der Waals surface area contributed by atoms with E-state index in [0.717, 1.165) is 22.0 Å². The van der Waals surface area contributed by atoms with E-state index in [1.54, 1.807) is 6.20 Å². The molecule has 0 saturated heterocycles. The molecule has 7 heteroatoms. The molecule has 3 heterocycles. The number of amides is 1. The topological polar surface area (TPSA) is 72.2 Å². The van der Waals surface area contributed by atoms with Gasteiger partial charge in [0.15, 0.2) is 5.65 Å². The normalized spacial score (nSPS) is 10.9. The number of rotatable bonds is 5. The largest absolute Gasteiger partial charge is 0.351 e. The Morgan fingerprint density at radius 3 is 2.80 bits per heavy atom. The molecule has 0 radical (unpaired) electrons. The highest BCUT2D eigenvalue weighted by Crippen LogP contribution is 2.24. The smallest absolute Gasteiger partial charge is 0.263 e. The first-order valence-corrected chi connectivity index (χ1v) is 8.71. The summed E-state index contributed by atoms with van der Waals surface area (Å²) in [6.45, 7) is 0.493. The maximum absolute atomic E-state index is 12.3. The number of pyridine rings is 1. The van der Waals surface area contributed by atoms with E-state index in [1.807, 2.05) is 59.1 Å². The molecule has 0 fully saturated rings. The van der Waals surface area contributed by atoms with Crippen LogP contribution in [-0.4, -0.2) is 32.0 Å². The van der Waals surface area contributed by atoms with Gasteiger partial charge in [-0.05, 0) is 12.1 Å². The lowest BCUT2D eigenvalue weighted by molar-refractivity contribution is 0.0958. The number of nitrogens with one attached hydrogen (secondary N) is 1. The number of benzene rings is 1. The molecule has 1 aromatic carbocycles. The third-order valence-electron chi connectivity index (χ3n) is 3.77. The molecule has 4 rings (SSSR count). The van der Waals surface area contributed by atoms with Gasteiger partial charge in [0.2, 0.25) is 0 Å². The molecule has 0 saturated carbocycles. The molecule has 0 aliphatic carbocycles. The van der Waals surface area contributed by atoms with Crippen molar-refractivity contribution in [3.8, 4) is 10.6 Å². The minimum absolute atomic E-state index is 0.117. The standard InChI is InChI=1S/C18H15N5OS/c24-17(14-12-20-18(25-14)13-6-2-1-3-7-13)19-10-9-16-22-21-15-8-4-5-11-23(15)16/h1-8,11-12H,9-10H2,(H,19,24). The zero-order valence-corrected chi connectivity index (χ0v) is 14.1. The SMILES string of the molecule is O=C(NCCc1nnc2ccccn12)c1cnc(-c2ccccc2)s1. The van der Waals surface area contributed by atoms with Crippen LogP contribution in [-0.2, 0) is 6.42 Å². The van der Waals surface area contributed by atoms with Crippen molar-refractivity contribution >= 4 is 22.9 Å². The maximum Gasteiger partial charge on any atom is 0.263 e. The predicted molar refractivity (Wildman–Crippen MR) is 96.6 cm³/mol. The van der Waals surface area contributed by atoms with Crippen LogP contribution < -0.4 is 5.32 Å². The highest BCUT2D eigenvalue weighted by molar-refractivity contribution is 7.16. The van der Waals surface area contributed by atoms with Crippen LogP contribution in [0.25, 0.3) is 16.2 Å². The van der Waals surface area contributed by atoms with Crippen molar-refractivity contribution < 1.29 is 4.79 Å². The Hall–Kier alpha value is -3.06. The molecule has 1 amide bonds. The van der Waals surface area contributed by atoms with Gasteiger partial charge in [-0.2, -0.15) is 0 Å². The third kappa shape index (κ3) is 3.27. The average molecular weight is 349 g/mol. The van der Waals surface area contributed by atoms with Crippen LogP contribution in [0.4, 0.5) is 0 Å². The molecule has 6 nitrogen and oxygen atoms in total. The Bertz CT molecular complexity index is 1010. The summed E-state index contributed by atoms with van der Waals surface area (Å²) in [4.78, 5) is 17.2. The summed E-state index contributed by atoms with van der Waals surface area (Å²) in [6, 6.07) is 15.6. The van der Waals surface area contributed by atoms with Crippen molar-refractivity contribution in [3.63, 3.8) is 0 Å². The Morgan fingerprint density at radius 2 is 1.92 bits per heavy atom. The predicted octanol–water partition coefficient (Wildman–Crippen LogP) is 2.83. The molecule has 0 atom stereocenters. The van der Waals surface area contributed by atoms with Crippen LogP contribution in [0, 0.1) is 0 Å². The Morgan fingerprint density at radius 1 is 1.08 bits per heavy atom. The molecular weight excluding hydrogens is 334 g/mol. The molecule has 0 aliphatic heterocycles. The number of thiazole rings is 1. The molecule has 124 valence electrons. The second-order valence-corrected chi connectivity index (χ2v) is 6.48. The third-order valence-corrected chi connectivity index (χ3v) is 4.81. The van der Waals surface area contributed by atoms with E-state index in [1.165, 1.54) is 11.3 Å². The molecule has 0 spiro atoms. The fourth-order valence-corrected chi connectivity index (χ4v) is 3.37. The lowest BCUT2D eigenvalue weighted by atomic mass is 10.2. The van der Waals surface area contributed by atoms with Gasteiger partial charge in [-0.25, -0.2) is 4.98 Å². The second kappa shape index (κ2) is 6.82. The quantitative estimate of drug-likeness (QED) is 0.601.